The molecule has 40 heavy (non-hydrogen) atoms. The van der Waals surface area contributed by atoms with E-state index < -0.39 is 17.1 Å². The van der Waals surface area contributed by atoms with Gasteiger partial charge in [0.1, 0.15) is 12.2 Å². The maximum atomic E-state index is 12.4. The average molecular weight is 542 g/mol. The van der Waals surface area contributed by atoms with E-state index in [1.54, 1.807) is 6.08 Å². The van der Waals surface area contributed by atoms with Crippen LogP contribution in [0.2, 0.25) is 0 Å². The molecular formula is C35H43NO4. The van der Waals surface area contributed by atoms with Gasteiger partial charge in [-0.15, -0.1) is 0 Å². The number of ether oxygens (including phenoxy) is 1. The molecule has 0 aliphatic carbocycles. The van der Waals surface area contributed by atoms with E-state index in [9.17, 15) is 15.0 Å². The van der Waals surface area contributed by atoms with E-state index in [1.165, 1.54) is 0 Å². The van der Waals surface area contributed by atoms with Crippen molar-refractivity contribution in [2.75, 3.05) is 26.2 Å². The minimum Gasteiger partial charge on any atom is -0.461 e. The van der Waals surface area contributed by atoms with E-state index in [-0.39, 0.29) is 18.5 Å². The zero-order valence-corrected chi connectivity index (χ0v) is 23.8. The molecule has 0 radical (unpaired) electrons. The highest BCUT2D eigenvalue weighted by molar-refractivity contribution is 5.82. The van der Waals surface area contributed by atoms with Gasteiger partial charge in [-0.2, -0.15) is 0 Å². The monoisotopic (exact) mass is 541 g/mol. The van der Waals surface area contributed by atoms with Gasteiger partial charge in [-0.3, -0.25) is 4.79 Å². The van der Waals surface area contributed by atoms with Crippen molar-refractivity contribution in [3.8, 4) is 0 Å². The van der Waals surface area contributed by atoms with Gasteiger partial charge in [0, 0.05) is 0 Å². The van der Waals surface area contributed by atoms with E-state index >= 15 is 0 Å². The van der Waals surface area contributed by atoms with Crippen molar-refractivity contribution in [2.45, 2.75) is 56.7 Å². The molecule has 3 aromatic rings. The first-order valence-electron chi connectivity index (χ1n) is 14.4. The number of rotatable bonds is 12. The molecule has 1 aliphatic rings. The van der Waals surface area contributed by atoms with Crippen molar-refractivity contribution in [1.29, 1.82) is 0 Å². The van der Waals surface area contributed by atoms with Crippen molar-refractivity contribution < 1.29 is 19.7 Å². The summed E-state index contributed by atoms with van der Waals surface area (Å²) >= 11 is 0. The van der Waals surface area contributed by atoms with Crippen molar-refractivity contribution in [3.05, 3.63) is 120 Å². The summed E-state index contributed by atoms with van der Waals surface area (Å²) in [5.74, 6) is -0.161. The van der Waals surface area contributed by atoms with Gasteiger partial charge in [0.25, 0.3) is 0 Å². The van der Waals surface area contributed by atoms with Crippen LogP contribution in [0.5, 0.6) is 0 Å². The first-order valence-corrected chi connectivity index (χ1v) is 14.4. The lowest BCUT2D eigenvalue weighted by Gasteiger charge is -2.42. The van der Waals surface area contributed by atoms with E-state index in [2.05, 4.69) is 11.5 Å². The third-order valence-electron chi connectivity index (χ3n) is 8.42. The van der Waals surface area contributed by atoms with E-state index in [0.29, 0.717) is 6.42 Å². The van der Waals surface area contributed by atoms with Crippen molar-refractivity contribution in [2.24, 2.45) is 5.92 Å². The Hall–Kier alpha value is -3.25. The predicted octanol–water partition coefficient (Wildman–Crippen LogP) is 6.16. The fourth-order valence-electron chi connectivity index (χ4n) is 5.83. The summed E-state index contributed by atoms with van der Waals surface area (Å²) in [4.78, 5) is 14.9. The van der Waals surface area contributed by atoms with Crippen LogP contribution in [0.1, 0.15) is 67.9 Å². The third-order valence-corrected chi connectivity index (χ3v) is 8.42. The molecular weight excluding hydrogens is 498 g/mol. The molecule has 4 rings (SSSR count). The lowest BCUT2D eigenvalue weighted by molar-refractivity contribution is -0.148. The van der Waals surface area contributed by atoms with Crippen LogP contribution in [0.25, 0.3) is 0 Å². The van der Waals surface area contributed by atoms with Crippen LogP contribution in [0, 0.1) is 5.92 Å². The molecule has 0 amide bonds. The van der Waals surface area contributed by atoms with Crippen LogP contribution in [-0.2, 0) is 20.5 Å². The molecule has 1 unspecified atom stereocenters. The van der Waals surface area contributed by atoms with Crippen molar-refractivity contribution in [1.82, 2.24) is 4.90 Å². The Labute approximate surface area is 239 Å². The molecule has 3 aromatic carbocycles. The quantitative estimate of drug-likeness (QED) is 0.212. The Morgan fingerprint density at radius 1 is 0.950 bits per heavy atom. The second-order valence-corrected chi connectivity index (χ2v) is 11.4. The molecule has 1 aliphatic heterocycles. The Balaban J connectivity index is 1.29. The summed E-state index contributed by atoms with van der Waals surface area (Å²) in [6.07, 6.45) is 4.38. The highest BCUT2D eigenvalue weighted by atomic mass is 16.5. The molecule has 212 valence electrons. The molecule has 0 spiro atoms. The summed E-state index contributed by atoms with van der Waals surface area (Å²) in [6, 6.07) is 27.7. The highest BCUT2D eigenvalue weighted by Crippen LogP contribution is 2.42. The topological polar surface area (TPSA) is 70.0 Å². The lowest BCUT2D eigenvalue weighted by Crippen LogP contribution is -2.44. The van der Waals surface area contributed by atoms with E-state index in [1.807, 2.05) is 98.8 Å². The minimum atomic E-state index is -1.01. The Kier molecular flexibility index (Phi) is 9.96. The zero-order chi connectivity index (χ0) is 28.6. The number of piperidine rings is 1. The van der Waals surface area contributed by atoms with Gasteiger partial charge < -0.3 is 19.8 Å². The maximum absolute atomic E-state index is 12.4. The van der Waals surface area contributed by atoms with Crippen LogP contribution >= 0.6 is 0 Å². The number of hydrogen-bond donors (Lipinski definition) is 2. The summed E-state index contributed by atoms with van der Waals surface area (Å²) in [5, 5.41) is 22.9. The number of likely N-dealkylation sites (tertiary alicyclic amines) is 1. The highest BCUT2D eigenvalue weighted by Gasteiger charge is 2.41. The lowest BCUT2D eigenvalue weighted by atomic mass is 9.72. The fourth-order valence-corrected chi connectivity index (χ4v) is 5.83. The first kappa shape index (κ1) is 29.7. The molecule has 5 heteroatoms. The second kappa shape index (κ2) is 13.4. The number of aliphatic hydroxyl groups is 2. The number of carbonyl (C=O) groups excluding carboxylic acids is 1. The van der Waals surface area contributed by atoms with Gasteiger partial charge in [-0.25, -0.2) is 0 Å². The van der Waals surface area contributed by atoms with Crippen LogP contribution in [-0.4, -0.2) is 47.3 Å². The number of aliphatic hydroxyl groups excluding tert-OH is 1. The van der Waals surface area contributed by atoms with Crippen LogP contribution < -0.4 is 0 Å². The SMILES string of the molecule is C=CCOC(=O)C(C)(C)c1ccc(C(O)CCCN2CCC(C(O)(c3ccccc3)c3ccccc3)CC2)cc1. The Bertz CT molecular complexity index is 1180. The van der Waals surface area contributed by atoms with Gasteiger partial charge in [-0.05, 0) is 87.3 Å². The first-order chi connectivity index (χ1) is 19.3. The predicted molar refractivity (Wildman–Crippen MR) is 160 cm³/mol. The number of carbonyl (C=O) groups is 1. The number of hydrogen-bond acceptors (Lipinski definition) is 5. The van der Waals surface area contributed by atoms with Crippen molar-refractivity contribution in [3.63, 3.8) is 0 Å². The molecule has 0 aromatic heterocycles. The van der Waals surface area contributed by atoms with Crippen LogP contribution in [0.4, 0.5) is 0 Å². The molecule has 1 atom stereocenters. The van der Waals surface area contributed by atoms with Gasteiger partial charge in [0.15, 0.2) is 0 Å². The maximum Gasteiger partial charge on any atom is 0.316 e. The standard InChI is InChI=1S/C35H43NO4/c1-4-26-40-33(38)34(2,3)28-19-17-27(18-20-28)32(37)16-11-23-36-24-21-31(22-25-36)35(39,29-12-7-5-8-13-29)30-14-9-6-10-15-30/h4-10,12-15,17-20,31-32,37,39H,1,11,16,21-26H2,2-3H3. The molecule has 5 nitrogen and oxygen atoms in total. The summed E-state index contributed by atoms with van der Waals surface area (Å²) in [7, 11) is 0. The molecule has 0 bridgehead atoms. The van der Waals surface area contributed by atoms with Gasteiger partial charge in [0.2, 0.25) is 0 Å². The molecule has 2 N–H and O–H groups in total. The third kappa shape index (κ3) is 6.72. The smallest absolute Gasteiger partial charge is 0.316 e. The molecule has 1 fully saturated rings. The summed E-state index contributed by atoms with van der Waals surface area (Å²) in [6.45, 7) is 10.2. The molecule has 1 saturated heterocycles. The van der Waals surface area contributed by atoms with Crippen LogP contribution in [0.3, 0.4) is 0 Å². The minimum absolute atomic E-state index is 0.135. The van der Waals surface area contributed by atoms with Gasteiger partial charge >= 0.3 is 5.97 Å². The van der Waals surface area contributed by atoms with Crippen molar-refractivity contribution >= 4 is 5.97 Å². The number of esters is 1. The van der Waals surface area contributed by atoms with Gasteiger partial charge in [-0.1, -0.05) is 97.6 Å². The van der Waals surface area contributed by atoms with E-state index in [0.717, 1.165) is 61.2 Å². The van der Waals surface area contributed by atoms with Gasteiger partial charge in [0.05, 0.1) is 11.5 Å². The van der Waals surface area contributed by atoms with E-state index in [4.69, 9.17) is 4.74 Å². The van der Waals surface area contributed by atoms with Crippen LogP contribution in [0.15, 0.2) is 97.6 Å². The second-order valence-electron chi connectivity index (χ2n) is 11.4. The normalized spacial score (nSPS) is 15.9. The average Bonchev–Trinajstić information content (AvgIpc) is 3.00. The fraction of sp³-hybridized carbons (Fsp3) is 0.400. The Morgan fingerprint density at radius 3 is 2.02 bits per heavy atom. The molecule has 1 heterocycles. The molecule has 0 saturated carbocycles. The Morgan fingerprint density at radius 2 is 1.50 bits per heavy atom. The summed E-state index contributed by atoms with van der Waals surface area (Å²) in [5.41, 5.74) is 1.83. The zero-order valence-electron chi connectivity index (χ0n) is 23.8. The number of benzene rings is 3. The summed E-state index contributed by atoms with van der Waals surface area (Å²) < 4.78 is 5.24. The largest absolute Gasteiger partial charge is 0.461 e. The number of nitrogens with zero attached hydrogens (tertiary/aromatic N) is 1.